The van der Waals surface area contributed by atoms with E-state index in [4.69, 9.17) is 0 Å². The molecule has 2 heteroatoms. The highest BCUT2D eigenvalue weighted by atomic mass is 32.1. The molecule has 3 rings (SSSR count). The molecule has 1 aliphatic carbocycles. The number of fused-ring (bicyclic) bond motifs is 1. The third kappa shape index (κ3) is 2.38. The molecule has 0 saturated heterocycles. The summed E-state index contributed by atoms with van der Waals surface area (Å²) in [5.41, 5.74) is 1.51. The van der Waals surface area contributed by atoms with E-state index in [9.17, 15) is 0 Å². The van der Waals surface area contributed by atoms with E-state index in [1.807, 2.05) is 11.3 Å². The van der Waals surface area contributed by atoms with Crippen LogP contribution in [0.15, 0.2) is 29.6 Å². The smallest absolute Gasteiger partial charge is 0.0346 e. The maximum atomic E-state index is 3.66. The summed E-state index contributed by atoms with van der Waals surface area (Å²) in [5, 5.41) is 7.45. The molecule has 0 amide bonds. The molecular formula is C15H19NS. The number of thiophene rings is 1. The summed E-state index contributed by atoms with van der Waals surface area (Å²) in [7, 11) is 0. The number of hydrogen-bond acceptors (Lipinski definition) is 2. The van der Waals surface area contributed by atoms with Crippen LogP contribution in [0.5, 0.6) is 0 Å². The zero-order valence-electron chi connectivity index (χ0n) is 10.3. The number of nitrogens with one attached hydrogen (secondary N) is 1. The van der Waals surface area contributed by atoms with Gasteiger partial charge in [-0.2, -0.15) is 0 Å². The van der Waals surface area contributed by atoms with Crippen LogP contribution in [0.3, 0.4) is 0 Å². The zero-order valence-corrected chi connectivity index (χ0v) is 11.1. The third-order valence-corrected chi connectivity index (χ3v) is 4.58. The fourth-order valence-electron chi connectivity index (χ4n) is 2.52. The molecule has 90 valence electrons. The molecule has 0 spiro atoms. The Hall–Kier alpha value is -0.860. The van der Waals surface area contributed by atoms with Crippen molar-refractivity contribution in [2.75, 3.05) is 6.54 Å². The van der Waals surface area contributed by atoms with Crippen LogP contribution in [0.4, 0.5) is 0 Å². The van der Waals surface area contributed by atoms with Gasteiger partial charge >= 0.3 is 0 Å². The first-order chi connectivity index (χ1) is 8.38. The van der Waals surface area contributed by atoms with Gasteiger partial charge in [0.05, 0.1) is 0 Å². The lowest BCUT2D eigenvalue weighted by Crippen LogP contribution is -2.21. The van der Waals surface area contributed by atoms with E-state index in [-0.39, 0.29) is 0 Å². The molecule has 1 atom stereocenters. The van der Waals surface area contributed by atoms with Crippen molar-refractivity contribution in [2.45, 2.75) is 32.2 Å². The van der Waals surface area contributed by atoms with E-state index in [0.717, 1.165) is 12.5 Å². The van der Waals surface area contributed by atoms with Gasteiger partial charge in [0.25, 0.3) is 0 Å². The summed E-state index contributed by atoms with van der Waals surface area (Å²) in [5.74, 6) is 0.970. The van der Waals surface area contributed by atoms with Crippen molar-refractivity contribution in [3.05, 3.63) is 35.2 Å². The van der Waals surface area contributed by atoms with Gasteiger partial charge in [-0.25, -0.2) is 0 Å². The van der Waals surface area contributed by atoms with Gasteiger partial charge in [0.15, 0.2) is 0 Å². The molecule has 1 nitrogen and oxygen atoms in total. The predicted molar refractivity (Wildman–Crippen MR) is 75.6 cm³/mol. The van der Waals surface area contributed by atoms with Crippen LogP contribution in [0.25, 0.3) is 10.1 Å². The Labute approximate surface area is 107 Å². The Balaban J connectivity index is 1.92. The van der Waals surface area contributed by atoms with Crippen molar-refractivity contribution in [1.82, 2.24) is 5.32 Å². The summed E-state index contributed by atoms with van der Waals surface area (Å²) < 4.78 is 1.42. The standard InChI is InChI=1S/C15H19NS/c1-2-16-14(9-11-7-8-11)13-10-17-15-6-4-3-5-12(13)15/h3-6,10-11,14,16H,2,7-9H2,1H3. The van der Waals surface area contributed by atoms with Gasteiger partial charge in [-0.3, -0.25) is 0 Å². The molecule has 0 bridgehead atoms. The average molecular weight is 245 g/mol. The number of hydrogen-bond donors (Lipinski definition) is 1. The van der Waals surface area contributed by atoms with Crippen molar-refractivity contribution >= 4 is 21.4 Å². The van der Waals surface area contributed by atoms with Gasteiger partial charge < -0.3 is 5.32 Å². The highest BCUT2D eigenvalue weighted by Crippen LogP contribution is 2.40. The van der Waals surface area contributed by atoms with Crippen LogP contribution in [0.2, 0.25) is 0 Å². The van der Waals surface area contributed by atoms with Crippen molar-refractivity contribution in [1.29, 1.82) is 0 Å². The van der Waals surface area contributed by atoms with Crippen LogP contribution in [-0.4, -0.2) is 6.54 Å². The van der Waals surface area contributed by atoms with Gasteiger partial charge in [0.2, 0.25) is 0 Å². The van der Waals surface area contributed by atoms with Crippen molar-refractivity contribution in [3.63, 3.8) is 0 Å². The first-order valence-corrected chi connectivity index (χ1v) is 7.46. The second-order valence-corrected chi connectivity index (χ2v) is 5.89. The molecule has 1 saturated carbocycles. The summed E-state index contributed by atoms with van der Waals surface area (Å²) in [4.78, 5) is 0. The van der Waals surface area contributed by atoms with E-state index in [1.165, 1.54) is 34.9 Å². The van der Waals surface area contributed by atoms with Gasteiger partial charge in [-0.1, -0.05) is 38.0 Å². The van der Waals surface area contributed by atoms with Crippen molar-refractivity contribution in [2.24, 2.45) is 5.92 Å². The highest BCUT2D eigenvalue weighted by molar-refractivity contribution is 7.17. The fraction of sp³-hybridized carbons (Fsp3) is 0.467. The summed E-state index contributed by atoms with van der Waals surface area (Å²) in [6.45, 7) is 3.26. The Kier molecular flexibility index (Phi) is 3.17. The second-order valence-electron chi connectivity index (χ2n) is 4.98. The average Bonchev–Trinajstić information content (AvgIpc) is 3.07. The molecule has 2 aromatic rings. The molecule has 1 heterocycles. The Morgan fingerprint density at radius 1 is 1.35 bits per heavy atom. The molecular weight excluding hydrogens is 226 g/mol. The Bertz CT molecular complexity index is 498. The third-order valence-electron chi connectivity index (χ3n) is 3.60. The fourth-order valence-corrected chi connectivity index (χ4v) is 3.54. The van der Waals surface area contributed by atoms with E-state index >= 15 is 0 Å². The largest absolute Gasteiger partial charge is 0.310 e. The minimum Gasteiger partial charge on any atom is -0.310 e. The summed E-state index contributed by atoms with van der Waals surface area (Å²) in [6, 6.07) is 9.33. The molecule has 1 N–H and O–H groups in total. The quantitative estimate of drug-likeness (QED) is 0.825. The van der Waals surface area contributed by atoms with Crippen molar-refractivity contribution in [3.8, 4) is 0 Å². The lowest BCUT2D eigenvalue weighted by molar-refractivity contribution is 0.490. The van der Waals surface area contributed by atoms with E-state index in [0.29, 0.717) is 6.04 Å². The van der Waals surface area contributed by atoms with Crippen LogP contribution < -0.4 is 5.32 Å². The zero-order chi connectivity index (χ0) is 11.7. The highest BCUT2D eigenvalue weighted by Gasteiger charge is 2.26. The minimum absolute atomic E-state index is 0.559. The van der Waals surface area contributed by atoms with Crippen molar-refractivity contribution < 1.29 is 0 Å². The minimum atomic E-state index is 0.559. The molecule has 1 aliphatic rings. The van der Waals surface area contributed by atoms with E-state index in [2.05, 4.69) is 41.9 Å². The molecule has 1 aromatic carbocycles. The monoisotopic (exact) mass is 245 g/mol. The summed E-state index contributed by atoms with van der Waals surface area (Å²) in [6.07, 6.45) is 4.18. The number of benzene rings is 1. The maximum absolute atomic E-state index is 3.66. The van der Waals surface area contributed by atoms with Crippen LogP contribution >= 0.6 is 11.3 Å². The maximum Gasteiger partial charge on any atom is 0.0346 e. The molecule has 1 unspecified atom stereocenters. The summed E-state index contributed by atoms with van der Waals surface area (Å²) >= 11 is 1.88. The molecule has 1 aromatic heterocycles. The van der Waals surface area contributed by atoms with Crippen LogP contribution in [-0.2, 0) is 0 Å². The first-order valence-electron chi connectivity index (χ1n) is 6.58. The Morgan fingerprint density at radius 2 is 2.18 bits per heavy atom. The molecule has 17 heavy (non-hydrogen) atoms. The molecule has 0 aliphatic heterocycles. The van der Waals surface area contributed by atoms with Crippen LogP contribution in [0, 0.1) is 5.92 Å². The van der Waals surface area contributed by atoms with Crippen LogP contribution in [0.1, 0.15) is 37.8 Å². The predicted octanol–water partition coefficient (Wildman–Crippen LogP) is 4.35. The van der Waals surface area contributed by atoms with Gasteiger partial charge in [0, 0.05) is 10.7 Å². The lowest BCUT2D eigenvalue weighted by Gasteiger charge is -2.17. The second kappa shape index (κ2) is 4.79. The van der Waals surface area contributed by atoms with Gasteiger partial charge in [0.1, 0.15) is 0 Å². The lowest BCUT2D eigenvalue weighted by atomic mass is 10.0. The SMILES string of the molecule is CCNC(CC1CC1)c1csc2ccccc12. The molecule has 0 radical (unpaired) electrons. The van der Waals surface area contributed by atoms with E-state index in [1.54, 1.807) is 0 Å². The van der Waals surface area contributed by atoms with E-state index < -0.39 is 0 Å². The number of rotatable bonds is 5. The topological polar surface area (TPSA) is 12.0 Å². The normalized spacial score (nSPS) is 17.5. The molecule has 1 fully saturated rings. The van der Waals surface area contributed by atoms with Gasteiger partial charge in [-0.05, 0) is 41.3 Å². The first kappa shape index (κ1) is 11.2. The van der Waals surface area contributed by atoms with Gasteiger partial charge in [-0.15, -0.1) is 11.3 Å². The Morgan fingerprint density at radius 3 is 2.94 bits per heavy atom.